The number of hydrogen-bond donors (Lipinski definition) is 1. The fraction of sp³-hybridized carbons (Fsp3) is 0.333. The lowest BCUT2D eigenvalue weighted by atomic mass is 10.0. The molecular formula is C18H24N2. The topological polar surface area (TPSA) is 29.3 Å². The van der Waals surface area contributed by atoms with Gasteiger partial charge in [0.05, 0.1) is 0 Å². The number of hydrogen-bond acceptors (Lipinski definition) is 2. The molecule has 0 unspecified atom stereocenters. The fourth-order valence-corrected chi connectivity index (χ4v) is 2.43. The van der Waals surface area contributed by atoms with Crippen molar-refractivity contribution in [3.8, 4) is 0 Å². The predicted molar refractivity (Wildman–Crippen MR) is 87.2 cm³/mol. The molecule has 0 radical (unpaired) electrons. The second-order valence-electron chi connectivity index (χ2n) is 5.02. The number of likely N-dealkylation sites (N-methyl/N-ethyl adjacent to an activating group) is 1. The van der Waals surface area contributed by atoms with Crippen LogP contribution in [0.5, 0.6) is 0 Å². The molecule has 2 aromatic rings. The molecule has 0 aliphatic heterocycles. The van der Waals surface area contributed by atoms with Crippen molar-refractivity contribution in [2.45, 2.75) is 19.8 Å². The van der Waals surface area contributed by atoms with E-state index < -0.39 is 0 Å². The zero-order chi connectivity index (χ0) is 14.2. The Kier molecular flexibility index (Phi) is 5.63. The molecule has 0 heterocycles. The van der Waals surface area contributed by atoms with E-state index in [-0.39, 0.29) is 0 Å². The molecule has 0 atom stereocenters. The number of rotatable bonds is 7. The molecule has 2 rings (SSSR count). The second-order valence-corrected chi connectivity index (χ2v) is 5.02. The van der Waals surface area contributed by atoms with Crippen LogP contribution in [0.2, 0.25) is 0 Å². The van der Waals surface area contributed by atoms with Crippen LogP contribution in [-0.4, -0.2) is 19.6 Å². The van der Waals surface area contributed by atoms with E-state index in [1.165, 1.54) is 16.8 Å². The summed E-state index contributed by atoms with van der Waals surface area (Å²) in [6.07, 6.45) is 2.19. The Balaban J connectivity index is 1.94. The van der Waals surface area contributed by atoms with Gasteiger partial charge >= 0.3 is 0 Å². The van der Waals surface area contributed by atoms with Crippen molar-refractivity contribution in [3.63, 3.8) is 0 Å². The highest BCUT2D eigenvalue weighted by Crippen LogP contribution is 2.16. The Morgan fingerprint density at radius 1 is 0.850 bits per heavy atom. The van der Waals surface area contributed by atoms with Gasteiger partial charge in [-0.3, -0.25) is 0 Å². The maximum atomic E-state index is 5.64. The van der Waals surface area contributed by atoms with Crippen LogP contribution in [0, 0.1) is 0 Å². The first-order valence-electron chi connectivity index (χ1n) is 7.41. The zero-order valence-electron chi connectivity index (χ0n) is 12.3. The lowest BCUT2D eigenvalue weighted by Gasteiger charge is -2.22. The molecule has 106 valence electrons. The van der Waals surface area contributed by atoms with E-state index >= 15 is 0 Å². The third-order valence-corrected chi connectivity index (χ3v) is 3.63. The van der Waals surface area contributed by atoms with Gasteiger partial charge in [-0.05, 0) is 43.0 Å². The Bertz CT molecular complexity index is 491. The Hall–Kier alpha value is -1.80. The summed E-state index contributed by atoms with van der Waals surface area (Å²) in [5.74, 6) is 0. The number of benzene rings is 2. The maximum Gasteiger partial charge on any atom is 0.0366 e. The van der Waals surface area contributed by atoms with E-state index in [1.807, 2.05) is 0 Å². The summed E-state index contributed by atoms with van der Waals surface area (Å²) in [6.45, 7) is 4.78. The first kappa shape index (κ1) is 14.6. The Morgan fingerprint density at radius 2 is 1.45 bits per heavy atom. The molecule has 0 aliphatic rings. The Labute approximate surface area is 122 Å². The van der Waals surface area contributed by atoms with E-state index in [4.69, 9.17) is 5.73 Å². The lowest BCUT2D eigenvalue weighted by molar-refractivity contribution is 0.816. The third-order valence-electron chi connectivity index (χ3n) is 3.63. The van der Waals surface area contributed by atoms with Gasteiger partial charge in [-0.1, -0.05) is 42.5 Å². The van der Waals surface area contributed by atoms with Gasteiger partial charge in [-0.15, -0.1) is 0 Å². The molecule has 2 heteroatoms. The van der Waals surface area contributed by atoms with Crippen LogP contribution >= 0.6 is 0 Å². The number of aryl methyl sites for hydroxylation is 2. The fourth-order valence-electron chi connectivity index (χ4n) is 2.43. The first-order valence-corrected chi connectivity index (χ1v) is 7.41. The first-order chi connectivity index (χ1) is 9.83. The summed E-state index contributed by atoms with van der Waals surface area (Å²) in [4.78, 5) is 2.31. The van der Waals surface area contributed by atoms with Crippen LogP contribution in [0.4, 0.5) is 5.69 Å². The number of nitrogens with zero attached hydrogens (tertiary/aromatic N) is 1. The largest absolute Gasteiger partial charge is 0.371 e. The van der Waals surface area contributed by atoms with Gasteiger partial charge in [0.25, 0.3) is 0 Å². The highest BCUT2D eigenvalue weighted by Gasteiger charge is 2.03. The highest BCUT2D eigenvalue weighted by atomic mass is 15.1. The molecule has 0 saturated heterocycles. The minimum Gasteiger partial charge on any atom is -0.371 e. The third kappa shape index (κ3) is 4.10. The van der Waals surface area contributed by atoms with Crippen molar-refractivity contribution in [2.75, 3.05) is 24.5 Å². The summed E-state index contributed by atoms with van der Waals surface area (Å²) >= 11 is 0. The van der Waals surface area contributed by atoms with Gasteiger partial charge in [0.2, 0.25) is 0 Å². The van der Waals surface area contributed by atoms with Crippen LogP contribution in [0.15, 0.2) is 54.6 Å². The summed E-state index contributed by atoms with van der Waals surface area (Å²) in [5.41, 5.74) is 9.70. The summed E-state index contributed by atoms with van der Waals surface area (Å²) in [7, 11) is 0. The highest BCUT2D eigenvalue weighted by molar-refractivity contribution is 5.47. The molecule has 0 aliphatic carbocycles. The Morgan fingerprint density at radius 3 is 2.00 bits per heavy atom. The van der Waals surface area contributed by atoms with Crippen molar-refractivity contribution in [3.05, 3.63) is 65.7 Å². The van der Waals surface area contributed by atoms with Crippen molar-refractivity contribution < 1.29 is 0 Å². The molecule has 0 spiro atoms. The van der Waals surface area contributed by atoms with E-state index in [9.17, 15) is 0 Å². The summed E-state index contributed by atoms with van der Waals surface area (Å²) < 4.78 is 0. The normalized spacial score (nSPS) is 10.5. The second kappa shape index (κ2) is 7.71. The minimum absolute atomic E-state index is 0.698. The van der Waals surface area contributed by atoms with Crippen LogP contribution < -0.4 is 10.6 Å². The van der Waals surface area contributed by atoms with Gasteiger partial charge in [0.1, 0.15) is 0 Å². The van der Waals surface area contributed by atoms with Crippen LogP contribution in [0.25, 0.3) is 0 Å². The van der Waals surface area contributed by atoms with Crippen molar-refractivity contribution in [2.24, 2.45) is 5.73 Å². The monoisotopic (exact) mass is 268 g/mol. The molecule has 0 bridgehead atoms. The van der Waals surface area contributed by atoms with Crippen molar-refractivity contribution in [1.29, 1.82) is 0 Å². The maximum absolute atomic E-state index is 5.64. The molecule has 0 aromatic heterocycles. The van der Waals surface area contributed by atoms with Gasteiger partial charge in [0, 0.05) is 25.3 Å². The van der Waals surface area contributed by atoms with Crippen LogP contribution in [0.1, 0.15) is 18.1 Å². The number of nitrogens with two attached hydrogens (primary N) is 1. The van der Waals surface area contributed by atoms with E-state index in [2.05, 4.69) is 66.4 Å². The molecule has 2 N–H and O–H groups in total. The number of anilines is 1. The predicted octanol–water partition coefficient (Wildman–Crippen LogP) is 3.26. The van der Waals surface area contributed by atoms with Gasteiger partial charge in [-0.25, -0.2) is 0 Å². The molecule has 2 aromatic carbocycles. The van der Waals surface area contributed by atoms with Gasteiger partial charge in [-0.2, -0.15) is 0 Å². The zero-order valence-corrected chi connectivity index (χ0v) is 12.3. The standard InChI is InChI=1S/C18H24N2/c1-2-20(15-14-19)18-12-10-17(11-13-18)9-8-16-6-4-3-5-7-16/h3-7,10-13H,2,8-9,14-15,19H2,1H3. The molecular weight excluding hydrogens is 244 g/mol. The van der Waals surface area contributed by atoms with Gasteiger partial charge in [0.15, 0.2) is 0 Å². The molecule has 20 heavy (non-hydrogen) atoms. The summed E-state index contributed by atoms with van der Waals surface area (Å²) in [6, 6.07) is 19.5. The molecule has 2 nitrogen and oxygen atoms in total. The molecule has 0 fully saturated rings. The minimum atomic E-state index is 0.698. The van der Waals surface area contributed by atoms with Gasteiger partial charge < -0.3 is 10.6 Å². The van der Waals surface area contributed by atoms with Crippen LogP contribution in [0.3, 0.4) is 0 Å². The van der Waals surface area contributed by atoms with E-state index in [0.29, 0.717) is 6.54 Å². The molecule has 0 amide bonds. The van der Waals surface area contributed by atoms with E-state index in [0.717, 1.165) is 25.9 Å². The van der Waals surface area contributed by atoms with Crippen molar-refractivity contribution >= 4 is 5.69 Å². The van der Waals surface area contributed by atoms with E-state index in [1.54, 1.807) is 0 Å². The van der Waals surface area contributed by atoms with Crippen molar-refractivity contribution in [1.82, 2.24) is 0 Å². The lowest BCUT2D eigenvalue weighted by Crippen LogP contribution is -2.28. The average molecular weight is 268 g/mol. The smallest absolute Gasteiger partial charge is 0.0366 e. The average Bonchev–Trinajstić information content (AvgIpc) is 2.52. The van der Waals surface area contributed by atoms with Crippen LogP contribution in [-0.2, 0) is 12.8 Å². The summed E-state index contributed by atoms with van der Waals surface area (Å²) in [5, 5.41) is 0. The SMILES string of the molecule is CCN(CCN)c1ccc(CCc2ccccc2)cc1. The quantitative estimate of drug-likeness (QED) is 0.835. The molecule has 0 saturated carbocycles.